The van der Waals surface area contributed by atoms with Gasteiger partial charge in [-0.25, -0.2) is 0 Å². The van der Waals surface area contributed by atoms with E-state index in [0.717, 1.165) is 27.9 Å². The van der Waals surface area contributed by atoms with Crippen LogP contribution < -0.4 is 4.74 Å². The van der Waals surface area contributed by atoms with Gasteiger partial charge < -0.3 is 14.6 Å². The van der Waals surface area contributed by atoms with Crippen molar-refractivity contribution >= 4 is 34.0 Å². The summed E-state index contributed by atoms with van der Waals surface area (Å²) in [4.78, 5) is 17.5. The summed E-state index contributed by atoms with van der Waals surface area (Å²) < 4.78 is 5.56. The third-order valence-electron chi connectivity index (χ3n) is 4.66. The van der Waals surface area contributed by atoms with E-state index in [9.17, 15) is 4.79 Å². The van der Waals surface area contributed by atoms with Crippen molar-refractivity contribution in [1.29, 1.82) is 0 Å². The Morgan fingerprint density at radius 2 is 2.04 bits per heavy atom. The first-order valence-corrected chi connectivity index (χ1v) is 9.00. The summed E-state index contributed by atoms with van der Waals surface area (Å²) in [5.41, 5.74) is 3.47. The highest BCUT2D eigenvalue weighted by Crippen LogP contribution is 2.30. The van der Waals surface area contributed by atoms with Crippen molar-refractivity contribution in [1.82, 2.24) is 9.88 Å². The number of fused-ring (bicyclic) bond motifs is 1. The largest absolute Gasteiger partial charge is 0.484 e. The van der Waals surface area contributed by atoms with E-state index in [4.69, 9.17) is 16.3 Å². The monoisotopic (exact) mass is 366 g/mol. The zero-order chi connectivity index (χ0) is 17.9. The van der Waals surface area contributed by atoms with Crippen LogP contribution in [0.2, 0.25) is 5.02 Å². The molecule has 0 atom stereocenters. The van der Waals surface area contributed by atoms with Gasteiger partial charge in [-0.2, -0.15) is 0 Å². The van der Waals surface area contributed by atoms with Crippen LogP contribution in [0.15, 0.2) is 60.8 Å². The first kappa shape index (κ1) is 16.7. The summed E-state index contributed by atoms with van der Waals surface area (Å²) in [5, 5.41) is 1.85. The molecule has 1 aromatic heterocycles. The Kier molecular flexibility index (Phi) is 4.67. The average Bonchev–Trinajstić information content (AvgIpc) is 3.10. The van der Waals surface area contributed by atoms with Crippen LogP contribution in [0.5, 0.6) is 5.75 Å². The number of para-hydroxylation sites is 1. The van der Waals surface area contributed by atoms with Gasteiger partial charge in [0.1, 0.15) is 5.75 Å². The van der Waals surface area contributed by atoms with E-state index in [1.807, 2.05) is 59.6 Å². The van der Waals surface area contributed by atoms with Gasteiger partial charge in [0.15, 0.2) is 6.61 Å². The first-order valence-electron chi connectivity index (χ1n) is 8.62. The number of hydrogen-bond donors (Lipinski definition) is 1. The lowest BCUT2D eigenvalue weighted by molar-refractivity contribution is -0.132. The minimum Gasteiger partial charge on any atom is -0.484 e. The summed E-state index contributed by atoms with van der Waals surface area (Å²) in [5.74, 6) is 0.718. The number of nitrogens with one attached hydrogen (secondary N) is 1. The molecule has 0 bridgehead atoms. The number of benzene rings is 2. The molecule has 0 aliphatic carbocycles. The van der Waals surface area contributed by atoms with Crippen molar-refractivity contribution in [2.75, 3.05) is 19.7 Å². The summed E-state index contributed by atoms with van der Waals surface area (Å²) in [6.07, 6.45) is 4.95. The Bertz CT molecular complexity index is 963. The zero-order valence-electron chi connectivity index (χ0n) is 14.2. The SMILES string of the molecule is O=C(COc1ccccc1)N1CC=C(c2c[nH]c3ccc(Cl)cc23)CC1. The highest BCUT2D eigenvalue weighted by Gasteiger charge is 2.19. The molecule has 4 nitrogen and oxygen atoms in total. The number of carbonyl (C=O) groups excluding carboxylic acids is 1. The minimum atomic E-state index is 0.00567. The van der Waals surface area contributed by atoms with E-state index in [0.29, 0.717) is 18.8 Å². The van der Waals surface area contributed by atoms with E-state index < -0.39 is 0 Å². The topological polar surface area (TPSA) is 45.3 Å². The molecule has 0 saturated carbocycles. The number of hydrogen-bond acceptors (Lipinski definition) is 2. The van der Waals surface area contributed by atoms with Gasteiger partial charge in [0.2, 0.25) is 0 Å². The van der Waals surface area contributed by atoms with Gasteiger partial charge in [0.25, 0.3) is 5.91 Å². The second kappa shape index (κ2) is 7.26. The third kappa shape index (κ3) is 3.46. The maximum atomic E-state index is 12.4. The average molecular weight is 367 g/mol. The molecule has 1 N–H and O–H groups in total. The van der Waals surface area contributed by atoms with Crippen molar-refractivity contribution in [2.24, 2.45) is 0 Å². The molecule has 5 heteroatoms. The number of aromatic nitrogens is 1. The van der Waals surface area contributed by atoms with E-state index in [-0.39, 0.29) is 12.5 Å². The van der Waals surface area contributed by atoms with Crippen LogP contribution in [-0.2, 0) is 4.79 Å². The first-order chi connectivity index (χ1) is 12.7. The fourth-order valence-electron chi connectivity index (χ4n) is 3.25. The van der Waals surface area contributed by atoms with Gasteiger partial charge in [0.05, 0.1) is 0 Å². The molecule has 132 valence electrons. The maximum Gasteiger partial charge on any atom is 0.260 e. The molecule has 0 saturated heterocycles. The Morgan fingerprint density at radius 3 is 2.81 bits per heavy atom. The highest BCUT2D eigenvalue weighted by molar-refractivity contribution is 6.31. The molecule has 2 aromatic carbocycles. The predicted octanol–water partition coefficient (Wildman–Crippen LogP) is 4.52. The smallest absolute Gasteiger partial charge is 0.260 e. The lowest BCUT2D eigenvalue weighted by atomic mass is 9.99. The predicted molar refractivity (Wildman–Crippen MR) is 104 cm³/mol. The van der Waals surface area contributed by atoms with Gasteiger partial charge in [-0.1, -0.05) is 35.9 Å². The third-order valence-corrected chi connectivity index (χ3v) is 4.89. The lowest BCUT2D eigenvalue weighted by Crippen LogP contribution is -2.37. The summed E-state index contributed by atoms with van der Waals surface area (Å²) in [6.45, 7) is 1.35. The molecule has 0 unspecified atom stereocenters. The molecule has 3 aromatic rings. The maximum absolute atomic E-state index is 12.4. The second-order valence-electron chi connectivity index (χ2n) is 6.31. The van der Waals surface area contributed by atoms with E-state index >= 15 is 0 Å². The Balaban J connectivity index is 1.42. The molecule has 2 heterocycles. The van der Waals surface area contributed by atoms with Gasteiger partial charge in [-0.3, -0.25) is 4.79 Å². The number of aromatic amines is 1. The number of H-pyrrole nitrogens is 1. The zero-order valence-corrected chi connectivity index (χ0v) is 15.0. The van der Waals surface area contributed by atoms with Gasteiger partial charge in [0, 0.05) is 40.8 Å². The minimum absolute atomic E-state index is 0.00567. The fraction of sp³-hybridized carbons (Fsp3) is 0.190. The summed E-state index contributed by atoms with van der Waals surface area (Å²) in [6, 6.07) is 15.3. The van der Waals surface area contributed by atoms with Gasteiger partial charge >= 0.3 is 0 Å². The molecular formula is C21H19ClN2O2. The number of halogens is 1. The molecular weight excluding hydrogens is 348 g/mol. The molecule has 1 aliphatic heterocycles. The number of ether oxygens (including phenoxy) is 1. The van der Waals surface area contributed by atoms with E-state index in [1.54, 1.807) is 0 Å². The molecule has 0 radical (unpaired) electrons. The van der Waals surface area contributed by atoms with Crippen molar-refractivity contribution < 1.29 is 9.53 Å². The Hall–Kier alpha value is -2.72. The van der Waals surface area contributed by atoms with Crippen LogP contribution in [-0.4, -0.2) is 35.5 Å². The molecule has 0 spiro atoms. The van der Waals surface area contributed by atoms with Crippen LogP contribution in [0.25, 0.3) is 16.5 Å². The van der Waals surface area contributed by atoms with Crippen molar-refractivity contribution in [2.45, 2.75) is 6.42 Å². The van der Waals surface area contributed by atoms with Crippen LogP contribution >= 0.6 is 11.6 Å². The number of carbonyl (C=O) groups is 1. The standard InChI is InChI=1S/C21H19ClN2O2/c22-16-6-7-20-18(12-16)19(13-23-20)15-8-10-24(11-9-15)21(25)14-26-17-4-2-1-3-5-17/h1-8,12-13,23H,9-11,14H2. The molecule has 26 heavy (non-hydrogen) atoms. The van der Waals surface area contributed by atoms with Crippen molar-refractivity contribution in [3.63, 3.8) is 0 Å². The Labute approximate surface area is 157 Å². The summed E-state index contributed by atoms with van der Waals surface area (Å²) in [7, 11) is 0. The van der Waals surface area contributed by atoms with Crippen molar-refractivity contribution in [3.05, 3.63) is 71.4 Å². The quantitative estimate of drug-likeness (QED) is 0.738. The summed E-state index contributed by atoms with van der Waals surface area (Å²) >= 11 is 6.14. The lowest BCUT2D eigenvalue weighted by Gasteiger charge is -2.26. The Morgan fingerprint density at radius 1 is 1.19 bits per heavy atom. The van der Waals surface area contributed by atoms with Gasteiger partial charge in [-0.15, -0.1) is 0 Å². The van der Waals surface area contributed by atoms with Crippen molar-refractivity contribution in [3.8, 4) is 5.75 Å². The fourth-order valence-corrected chi connectivity index (χ4v) is 3.42. The van der Waals surface area contributed by atoms with Gasteiger partial charge in [-0.05, 0) is 42.3 Å². The number of amides is 1. The molecule has 4 rings (SSSR count). The normalized spacial score (nSPS) is 14.3. The van der Waals surface area contributed by atoms with Crippen LogP contribution in [0, 0.1) is 0 Å². The highest BCUT2D eigenvalue weighted by atomic mass is 35.5. The second-order valence-corrected chi connectivity index (χ2v) is 6.75. The van der Waals surface area contributed by atoms with E-state index in [1.165, 1.54) is 5.57 Å². The van der Waals surface area contributed by atoms with Crippen LogP contribution in [0.3, 0.4) is 0 Å². The van der Waals surface area contributed by atoms with E-state index in [2.05, 4.69) is 11.1 Å². The number of nitrogens with zero attached hydrogens (tertiary/aromatic N) is 1. The van der Waals surface area contributed by atoms with Crippen LogP contribution in [0.4, 0.5) is 0 Å². The molecule has 1 amide bonds. The number of rotatable bonds is 4. The molecule has 1 aliphatic rings. The molecule has 0 fully saturated rings. The van der Waals surface area contributed by atoms with Crippen LogP contribution in [0.1, 0.15) is 12.0 Å².